The van der Waals surface area contributed by atoms with Gasteiger partial charge in [0.1, 0.15) is 5.15 Å². The van der Waals surface area contributed by atoms with Gasteiger partial charge in [-0.2, -0.15) is 8.42 Å². The molecule has 0 saturated heterocycles. The van der Waals surface area contributed by atoms with Crippen molar-refractivity contribution in [1.82, 2.24) is 9.55 Å². The topological polar surface area (TPSA) is 73.2 Å². The van der Waals surface area contributed by atoms with E-state index in [4.69, 9.17) is 27.9 Å². The number of benzene rings is 1. The highest BCUT2D eigenvalue weighted by Gasteiger charge is 2.24. The van der Waals surface area contributed by atoms with Gasteiger partial charge in [-0.1, -0.05) is 23.2 Å². The molecule has 0 fully saturated rings. The van der Waals surface area contributed by atoms with Gasteiger partial charge in [-0.05, 0) is 28.1 Å². The summed E-state index contributed by atoms with van der Waals surface area (Å²) in [5.41, 5.74) is 0.179. The summed E-state index contributed by atoms with van der Waals surface area (Å²) in [6.45, 7) is 0. The quantitative estimate of drug-likeness (QED) is 0.832. The molecule has 2 rings (SSSR count). The van der Waals surface area contributed by atoms with Gasteiger partial charge < -0.3 is 9.30 Å². The highest BCUT2D eigenvalue weighted by atomic mass is 79.9. The lowest BCUT2D eigenvalue weighted by molar-refractivity contribution is 0.414. The van der Waals surface area contributed by atoms with E-state index in [0.717, 1.165) is 0 Å². The fourth-order valence-corrected chi connectivity index (χ4v) is 4.07. The molecular weight excluding hydrogens is 405 g/mol. The monoisotopic (exact) mass is 413 g/mol. The Morgan fingerprint density at radius 1 is 1.38 bits per heavy atom. The van der Waals surface area contributed by atoms with Gasteiger partial charge in [0.15, 0.2) is 5.75 Å². The molecule has 2 aromatic rings. The van der Waals surface area contributed by atoms with Gasteiger partial charge in [-0.25, -0.2) is 4.98 Å². The molecule has 1 aromatic carbocycles. The van der Waals surface area contributed by atoms with E-state index in [-0.39, 0.29) is 15.9 Å². The average molecular weight is 415 g/mol. The van der Waals surface area contributed by atoms with Crippen molar-refractivity contribution in [2.45, 2.75) is 5.03 Å². The third kappa shape index (κ3) is 3.28. The fourth-order valence-electron chi connectivity index (χ4n) is 1.61. The van der Waals surface area contributed by atoms with E-state index >= 15 is 0 Å². The standard InChI is InChI=1S/C11H10BrCl2N3O3S/c1-17-5-15-11(10(17)14)21(18,19)16-8-4-6(13)3-7(12)9(8)20-2/h3-5,16H,1-2H3. The maximum absolute atomic E-state index is 12.3. The molecule has 1 aromatic heterocycles. The Kier molecular flexibility index (Phi) is 4.72. The number of hydrogen-bond acceptors (Lipinski definition) is 4. The van der Waals surface area contributed by atoms with Crippen molar-refractivity contribution in [2.24, 2.45) is 7.05 Å². The lowest BCUT2D eigenvalue weighted by Crippen LogP contribution is -2.15. The number of methoxy groups -OCH3 is 1. The van der Waals surface area contributed by atoms with Crippen molar-refractivity contribution >= 4 is 54.8 Å². The zero-order valence-electron chi connectivity index (χ0n) is 10.9. The van der Waals surface area contributed by atoms with Gasteiger partial charge in [0.2, 0.25) is 5.03 Å². The van der Waals surface area contributed by atoms with E-state index in [2.05, 4.69) is 25.6 Å². The van der Waals surface area contributed by atoms with Crippen LogP contribution in [0.25, 0.3) is 0 Å². The molecule has 0 unspecified atom stereocenters. The molecule has 0 aliphatic heterocycles. The van der Waals surface area contributed by atoms with Crippen LogP contribution in [0.1, 0.15) is 0 Å². The van der Waals surface area contributed by atoms with Crippen LogP contribution < -0.4 is 9.46 Å². The van der Waals surface area contributed by atoms with Crippen molar-refractivity contribution in [1.29, 1.82) is 0 Å². The van der Waals surface area contributed by atoms with Crippen LogP contribution in [0.15, 0.2) is 28.0 Å². The van der Waals surface area contributed by atoms with E-state index in [1.807, 2.05) is 0 Å². The average Bonchev–Trinajstić information content (AvgIpc) is 2.69. The van der Waals surface area contributed by atoms with Crippen molar-refractivity contribution in [2.75, 3.05) is 11.8 Å². The number of ether oxygens (including phenoxy) is 1. The number of nitrogens with zero attached hydrogens (tertiary/aromatic N) is 2. The Morgan fingerprint density at radius 3 is 2.57 bits per heavy atom. The summed E-state index contributed by atoms with van der Waals surface area (Å²) in [7, 11) is -0.958. The lowest BCUT2D eigenvalue weighted by Gasteiger charge is -2.13. The molecule has 0 spiro atoms. The minimum Gasteiger partial charge on any atom is -0.493 e. The van der Waals surface area contributed by atoms with Crippen LogP contribution in [-0.2, 0) is 17.1 Å². The summed E-state index contributed by atoms with van der Waals surface area (Å²) in [4.78, 5) is 3.78. The Bertz CT molecular complexity index is 792. The Balaban J connectivity index is 2.49. The molecular formula is C11H10BrCl2N3O3S. The lowest BCUT2D eigenvalue weighted by atomic mass is 10.3. The largest absolute Gasteiger partial charge is 0.493 e. The first kappa shape index (κ1) is 16.4. The molecule has 1 N–H and O–H groups in total. The second kappa shape index (κ2) is 6.04. The molecule has 0 aliphatic carbocycles. The SMILES string of the molecule is COc1c(Br)cc(Cl)cc1NS(=O)(=O)c1ncn(C)c1Cl. The van der Waals surface area contributed by atoms with E-state index in [0.29, 0.717) is 15.2 Å². The summed E-state index contributed by atoms with van der Waals surface area (Å²) >= 11 is 15.1. The van der Waals surface area contributed by atoms with Crippen LogP contribution in [0.2, 0.25) is 10.2 Å². The highest BCUT2D eigenvalue weighted by Crippen LogP contribution is 2.37. The molecule has 0 bridgehead atoms. The Labute approximate surface area is 140 Å². The van der Waals surface area contributed by atoms with Crippen LogP contribution in [0.5, 0.6) is 5.75 Å². The van der Waals surface area contributed by atoms with Crippen LogP contribution in [0, 0.1) is 0 Å². The molecule has 10 heteroatoms. The molecule has 0 radical (unpaired) electrons. The van der Waals surface area contributed by atoms with Gasteiger partial charge >= 0.3 is 0 Å². The number of hydrogen-bond donors (Lipinski definition) is 1. The molecule has 0 saturated carbocycles. The maximum atomic E-state index is 12.3. The smallest absolute Gasteiger partial charge is 0.282 e. The minimum absolute atomic E-state index is 0.00237. The van der Waals surface area contributed by atoms with Gasteiger partial charge in [0, 0.05) is 12.1 Å². The maximum Gasteiger partial charge on any atom is 0.282 e. The number of aryl methyl sites for hydroxylation is 1. The molecule has 21 heavy (non-hydrogen) atoms. The van der Waals surface area contributed by atoms with Crippen LogP contribution in [0.3, 0.4) is 0 Å². The first-order valence-electron chi connectivity index (χ1n) is 5.49. The fraction of sp³-hybridized carbons (Fsp3) is 0.182. The van der Waals surface area contributed by atoms with Crippen LogP contribution in [-0.4, -0.2) is 25.1 Å². The van der Waals surface area contributed by atoms with Gasteiger partial charge in [0.25, 0.3) is 10.0 Å². The van der Waals surface area contributed by atoms with Crippen LogP contribution in [0.4, 0.5) is 5.69 Å². The molecule has 0 aliphatic rings. The Hall–Kier alpha value is -0.960. The number of aromatic nitrogens is 2. The number of anilines is 1. The van der Waals surface area contributed by atoms with Crippen molar-refractivity contribution in [3.63, 3.8) is 0 Å². The van der Waals surface area contributed by atoms with Gasteiger partial charge in [0.05, 0.1) is 23.6 Å². The Morgan fingerprint density at radius 2 is 2.05 bits per heavy atom. The molecule has 1 heterocycles. The van der Waals surface area contributed by atoms with Crippen molar-refractivity contribution < 1.29 is 13.2 Å². The van der Waals surface area contributed by atoms with E-state index in [9.17, 15) is 8.42 Å². The van der Waals surface area contributed by atoms with E-state index < -0.39 is 10.0 Å². The number of nitrogens with one attached hydrogen (secondary N) is 1. The number of imidazole rings is 1. The minimum atomic E-state index is -3.96. The normalized spacial score (nSPS) is 11.5. The van der Waals surface area contributed by atoms with Crippen molar-refractivity contribution in [3.05, 3.63) is 33.1 Å². The zero-order valence-corrected chi connectivity index (χ0v) is 14.8. The summed E-state index contributed by atoms with van der Waals surface area (Å²) in [6, 6.07) is 3.02. The second-order valence-corrected chi connectivity index (χ2v) is 7.27. The first-order chi connectivity index (χ1) is 9.76. The van der Waals surface area contributed by atoms with Crippen molar-refractivity contribution in [3.8, 4) is 5.75 Å². The second-order valence-electron chi connectivity index (χ2n) is 4.03. The molecule has 0 amide bonds. The summed E-state index contributed by atoms with van der Waals surface area (Å²) in [6.07, 6.45) is 1.31. The number of sulfonamides is 1. The molecule has 114 valence electrons. The highest BCUT2D eigenvalue weighted by molar-refractivity contribution is 9.10. The summed E-state index contributed by atoms with van der Waals surface area (Å²) in [5, 5.41) is 0.0693. The molecule has 6 nitrogen and oxygen atoms in total. The first-order valence-corrected chi connectivity index (χ1v) is 8.52. The molecule has 0 atom stereocenters. The summed E-state index contributed by atoms with van der Waals surface area (Å²) in [5.74, 6) is 0.301. The third-order valence-corrected chi connectivity index (χ3v) is 5.21. The predicted molar refractivity (Wildman–Crippen MR) is 84.7 cm³/mol. The third-order valence-electron chi connectivity index (χ3n) is 2.55. The number of rotatable bonds is 4. The van der Waals surface area contributed by atoms with Gasteiger partial charge in [-0.3, -0.25) is 4.72 Å². The van der Waals surface area contributed by atoms with Crippen LogP contribution >= 0.6 is 39.1 Å². The van der Waals surface area contributed by atoms with E-state index in [1.165, 1.54) is 24.1 Å². The summed E-state index contributed by atoms with van der Waals surface area (Å²) < 4.78 is 34.1. The van der Waals surface area contributed by atoms with Gasteiger partial charge in [-0.15, -0.1) is 0 Å². The zero-order chi connectivity index (χ0) is 15.8. The number of halogens is 3. The predicted octanol–water partition coefficient (Wildman–Crippen LogP) is 3.30. The van der Waals surface area contributed by atoms with E-state index in [1.54, 1.807) is 13.1 Å².